The Morgan fingerprint density at radius 1 is 1.26 bits per heavy atom. The van der Waals surface area contributed by atoms with E-state index in [1.807, 2.05) is 6.92 Å². The Morgan fingerprint density at radius 3 is 2.63 bits per heavy atom. The van der Waals surface area contributed by atoms with Gasteiger partial charge in [0.2, 0.25) is 0 Å². The molecule has 1 aromatic heterocycles. The molecule has 1 atom stereocenters. The summed E-state index contributed by atoms with van der Waals surface area (Å²) >= 11 is 0. The van der Waals surface area contributed by atoms with Crippen LogP contribution in [0.3, 0.4) is 0 Å². The summed E-state index contributed by atoms with van der Waals surface area (Å²) in [6.45, 7) is 1.84. The summed E-state index contributed by atoms with van der Waals surface area (Å²) in [7, 11) is 0. The van der Waals surface area contributed by atoms with Gasteiger partial charge in [-0.3, -0.25) is 4.98 Å². The van der Waals surface area contributed by atoms with Crippen molar-refractivity contribution in [2.45, 2.75) is 19.4 Å². The van der Waals surface area contributed by atoms with Crippen LogP contribution >= 0.6 is 0 Å². The van der Waals surface area contributed by atoms with E-state index < -0.39 is 17.7 Å². The molecule has 0 aliphatic heterocycles. The van der Waals surface area contributed by atoms with Gasteiger partial charge in [-0.1, -0.05) is 6.92 Å². The van der Waals surface area contributed by atoms with Crippen LogP contribution in [0.25, 0.3) is 0 Å². The van der Waals surface area contributed by atoms with Gasteiger partial charge in [-0.15, -0.1) is 0 Å². The average molecular weight is 265 g/mol. The zero-order chi connectivity index (χ0) is 13.8. The first-order chi connectivity index (χ1) is 9.10. The van der Waals surface area contributed by atoms with E-state index >= 15 is 0 Å². The van der Waals surface area contributed by atoms with Crippen LogP contribution in [0.4, 0.5) is 8.78 Å². The van der Waals surface area contributed by atoms with E-state index in [2.05, 4.69) is 4.98 Å². The minimum absolute atomic E-state index is 0.0769. The Hall–Kier alpha value is -2.01. The highest BCUT2D eigenvalue weighted by atomic mass is 19.1. The summed E-state index contributed by atoms with van der Waals surface area (Å²) < 4.78 is 31.4. The molecule has 3 nitrogen and oxygen atoms in total. The second-order valence-electron chi connectivity index (χ2n) is 4.02. The third kappa shape index (κ3) is 3.26. The van der Waals surface area contributed by atoms with Gasteiger partial charge in [0.05, 0.1) is 18.0 Å². The van der Waals surface area contributed by atoms with Crippen LogP contribution in [0.15, 0.2) is 36.5 Å². The molecule has 0 bridgehead atoms. The zero-order valence-electron chi connectivity index (χ0n) is 10.3. The van der Waals surface area contributed by atoms with Crippen molar-refractivity contribution in [3.05, 3.63) is 53.9 Å². The molecule has 0 spiro atoms. The van der Waals surface area contributed by atoms with Crippen molar-refractivity contribution in [3.63, 3.8) is 0 Å². The largest absolute Gasteiger partial charge is 0.453 e. The quantitative estimate of drug-likeness (QED) is 0.918. The molecule has 1 N–H and O–H groups in total. The van der Waals surface area contributed by atoms with Crippen LogP contribution in [0.5, 0.6) is 11.5 Å². The minimum Gasteiger partial charge on any atom is -0.453 e. The van der Waals surface area contributed by atoms with E-state index in [0.717, 1.165) is 12.1 Å². The first kappa shape index (κ1) is 13.4. The van der Waals surface area contributed by atoms with E-state index in [-0.39, 0.29) is 5.75 Å². The van der Waals surface area contributed by atoms with E-state index in [1.165, 1.54) is 12.3 Å². The van der Waals surface area contributed by atoms with E-state index in [4.69, 9.17) is 4.74 Å². The van der Waals surface area contributed by atoms with Crippen molar-refractivity contribution in [1.29, 1.82) is 0 Å². The summed E-state index contributed by atoms with van der Waals surface area (Å²) in [5, 5.41) is 9.58. The summed E-state index contributed by atoms with van der Waals surface area (Å²) in [5.41, 5.74) is 0.523. The van der Waals surface area contributed by atoms with Crippen molar-refractivity contribution in [3.8, 4) is 11.5 Å². The molecule has 19 heavy (non-hydrogen) atoms. The SMILES string of the molecule is CC[C@H](O)c1ccc(Oc2ccc(F)cc2F)cn1. The van der Waals surface area contributed by atoms with Crippen molar-refractivity contribution in [2.24, 2.45) is 0 Å². The molecule has 0 aliphatic rings. The second-order valence-corrected chi connectivity index (χ2v) is 4.02. The minimum atomic E-state index is -0.780. The van der Waals surface area contributed by atoms with Crippen LogP contribution in [0.2, 0.25) is 0 Å². The van der Waals surface area contributed by atoms with Gasteiger partial charge in [0.25, 0.3) is 0 Å². The van der Waals surface area contributed by atoms with Gasteiger partial charge in [0.1, 0.15) is 11.6 Å². The van der Waals surface area contributed by atoms with E-state index in [0.29, 0.717) is 17.9 Å². The molecule has 100 valence electrons. The molecule has 2 rings (SSSR count). The molecule has 0 fully saturated rings. The maximum atomic E-state index is 13.4. The van der Waals surface area contributed by atoms with Gasteiger partial charge in [-0.05, 0) is 30.7 Å². The highest BCUT2D eigenvalue weighted by molar-refractivity contribution is 5.31. The lowest BCUT2D eigenvalue weighted by Gasteiger charge is -2.09. The number of pyridine rings is 1. The maximum Gasteiger partial charge on any atom is 0.168 e. The number of nitrogens with zero attached hydrogens (tertiary/aromatic N) is 1. The number of aromatic nitrogens is 1. The fourth-order valence-corrected chi connectivity index (χ4v) is 1.54. The number of benzene rings is 1. The van der Waals surface area contributed by atoms with Crippen LogP contribution in [-0.4, -0.2) is 10.1 Å². The van der Waals surface area contributed by atoms with Gasteiger partial charge in [0, 0.05) is 6.07 Å². The molecule has 5 heteroatoms. The van der Waals surface area contributed by atoms with Gasteiger partial charge in [0.15, 0.2) is 11.6 Å². The first-order valence-electron chi connectivity index (χ1n) is 5.87. The third-order valence-electron chi connectivity index (χ3n) is 2.61. The van der Waals surface area contributed by atoms with Gasteiger partial charge in [-0.2, -0.15) is 0 Å². The number of aliphatic hydroxyl groups excluding tert-OH is 1. The summed E-state index contributed by atoms with van der Waals surface area (Å²) in [4.78, 5) is 4.02. The monoisotopic (exact) mass is 265 g/mol. The Kier molecular flexibility index (Phi) is 4.06. The lowest BCUT2D eigenvalue weighted by molar-refractivity contribution is 0.169. The standard InChI is InChI=1S/C14H13F2NO2/c1-2-13(18)12-5-4-10(8-17-12)19-14-6-3-9(15)7-11(14)16/h3-8,13,18H,2H2,1H3/t13-/m0/s1. The number of ether oxygens (including phenoxy) is 1. The molecule has 0 amide bonds. The van der Waals surface area contributed by atoms with Crippen molar-refractivity contribution < 1.29 is 18.6 Å². The number of hydrogen-bond acceptors (Lipinski definition) is 3. The van der Waals surface area contributed by atoms with Gasteiger partial charge < -0.3 is 9.84 Å². The number of aliphatic hydroxyl groups is 1. The molecular weight excluding hydrogens is 252 g/mol. The topological polar surface area (TPSA) is 42.4 Å². The third-order valence-corrected chi connectivity index (χ3v) is 2.61. The van der Waals surface area contributed by atoms with Crippen LogP contribution in [-0.2, 0) is 0 Å². The molecule has 2 aromatic rings. The number of halogens is 2. The molecule has 0 radical (unpaired) electrons. The van der Waals surface area contributed by atoms with Crippen LogP contribution < -0.4 is 4.74 Å². The maximum absolute atomic E-state index is 13.4. The Balaban J connectivity index is 2.15. The summed E-state index contributed by atoms with van der Waals surface area (Å²) in [6, 6.07) is 6.24. The van der Waals surface area contributed by atoms with Crippen molar-refractivity contribution in [1.82, 2.24) is 4.98 Å². The number of rotatable bonds is 4. The molecule has 0 saturated carbocycles. The van der Waals surface area contributed by atoms with E-state index in [1.54, 1.807) is 12.1 Å². The lowest BCUT2D eigenvalue weighted by atomic mass is 10.2. The van der Waals surface area contributed by atoms with Crippen molar-refractivity contribution in [2.75, 3.05) is 0 Å². The molecule has 0 saturated heterocycles. The second kappa shape index (κ2) is 5.75. The predicted octanol–water partition coefficient (Wildman–Crippen LogP) is 3.60. The van der Waals surface area contributed by atoms with Gasteiger partial charge >= 0.3 is 0 Å². The Morgan fingerprint density at radius 2 is 2.05 bits per heavy atom. The van der Waals surface area contributed by atoms with Crippen molar-refractivity contribution >= 4 is 0 Å². The molecule has 0 aliphatic carbocycles. The first-order valence-corrected chi connectivity index (χ1v) is 5.87. The fraction of sp³-hybridized carbons (Fsp3) is 0.214. The van der Waals surface area contributed by atoms with Crippen LogP contribution in [0.1, 0.15) is 25.1 Å². The smallest absolute Gasteiger partial charge is 0.168 e. The highest BCUT2D eigenvalue weighted by Crippen LogP contribution is 2.25. The molecular formula is C14H13F2NO2. The lowest BCUT2D eigenvalue weighted by Crippen LogP contribution is -1.98. The molecule has 0 unspecified atom stereocenters. The van der Waals surface area contributed by atoms with Crippen LogP contribution in [0, 0.1) is 11.6 Å². The number of hydrogen-bond donors (Lipinski definition) is 1. The summed E-state index contributed by atoms with van der Waals surface area (Å²) in [6.07, 6.45) is 1.31. The molecule has 1 aromatic carbocycles. The summed E-state index contributed by atoms with van der Waals surface area (Å²) in [5.74, 6) is -1.20. The normalized spacial score (nSPS) is 12.2. The Bertz CT molecular complexity index is 558. The zero-order valence-corrected chi connectivity index (χ0v) is 10.3. The predicted molar refractivity (Wildman–Crippen MR) is 65.9 cm³/mol. The van der Waals surface area contributed by atoms with E-state index in [9.17, 15) is 13.9 Å². The fourth-order valence-electron chi connectivity index (χ4n) is 1.54. The Labute approximate surface area is 109 Å². The highest BCUT2D eigenvalue weighted by Gasteiger charge is 2.09. The molecule has 1 heterocycles. The van der Waals surface area contributed by atoms with Gasteiger partial charge in [-0.25, -0.2) is 8.78 Å². The average Bonchev–Trinajstić information content (AvgIpc) is 2.42.